The number of ether oxygens (including phenoxy) is 3. The lowest BCUT2D eigenvalue weighted by Gasteiger charge is -2.67. The topological polar surface area (TPSA) is 227 Å². The molecule has 5 rings (SSSR count). The average Bonchev–Trinajstić information content (AvgIpc) is 3.10. The molecule has 0 aromatic carbocycles. The van der Waals surface area contributed by atoms with E-state index in [1.54, 1.807) is 13.8 Å². The van der Waals surface area contributed by atoms with Crippen molar-refractivity contribution in [2.75, 3.05) is 20.3 Å². The molecule has 13 nitrogen and oxygen atoms in total. The average molecular weight is 577 g/mol. The molecule has 16 atom stereocenters. The fourth-order valence-electron chi connectivity index (χ4n) is 9.67. The van der Waals surface area contributed by atoms with Crippen molar-refractivity contribution in [2.45, 2.75) is 107 Å². The third-order valence-corrected chi connectivity index (χ3v) is 11.7. The molecule has 4 saturated carbocycles. The molecular formula is C27H44O13. The second-order valence-electron chi connectivity index (χ2n) is 13.3. The van der Waals surface area contributed by atoms with Crippen molar-refractivity contribution in [2.24, 2.45) is 34.0 Å². The summed E-state index contributed by atoms with van der Waals surface area (Å²) in [6, 6.07) is 0. The highest BCUT2D eigenvalue weighted by Crippen LogP contribution is 2.73. The first-order valence-electron chi connectivity index (χ1n) is 14.1. The summed E-state index contributed by atoms with van der Waals surface area (Å²) in [6.07, 6.45) is -12.1. The highest BCUT2D eigenvalue weighted by Gasteiger charge is 2.78. The van der Waals surface area contributed by atoms with E-state index in [2.05, 4.69) is 0 Å². The zero-order valence-electron chi connectivity index (χ0n) is 23.0. The summed E-state index contributed by atoms with van der Waals surface area (Å²) in [5.41, 5.74) is -5.73. The van der Waals surface area contributed by atoms with Gasteiger partial charge in [0, 0.05) is 16.7 Å². The van der Waals surface area contributed by atoms with Crippen LogP contribution in [0.2, 0.25) is 0 Å². The van der Waals surface area contributed by atoms with Crippen LogP contribution in [0.25, 0.3) is 0 Å². The van der Waals surface area contributed by atoms with Crippen molar-refractivity contribution in [3.05, 3.63) is 0 Å². The molecule has 2 bridgehead atoms. The predicted octanol–water partition coefficient (Wildman–Crippen LogP) is -3.00. The number of hydrogen-bond donors (Lipinski definition) is 9. The third-order valence-electron chi connectivity index (χ3n) is 11.7. The molecule has 1 saturated heterocycles. The normalized spacial score (nSPS) is 57.7. The predicted molar refractivity (Wildman–Crippen MR) is 133 cm³/mol. The van der Waals surface area contributed by atoms with Gasteiger partial charge in [-0.15, -0.1) is 0 Å². The molecule has 40 heavy (non-hydrogen) atoms. The first-order chi connectivity index (χ1) is 18.7. The van der Waals surface area contributed by atoms with Gasteiger partial charge in [-0.25, -0.2) is 0 Å². The quantitative estimate of drug-likeness (QED) is 0.149. The molecule has 0 aromatic rings. The zero-order chi connectivity index (χ0) is 29.6. The summed E-state index contributed by atoms with van der Waals surface area (Å²) in [6.45, 7) is 2.20. The lowest BCUT2D eigenvalue weighted by Crippen LogP contribution is -2.74. The lowest BCUT2D eigenvalue weighted by molar-refractivity contribution is -0.317. The van der Waals surface area contributed by atoms with Gasteiger partial charge in [-0.2, -0.15) is 0 Å². The van der Waals surface area contributed by atoms with Crippen molar-refractivity contribution < 1.29 is 65.0 Å². The van der Waals surface area contributed by atoms with Crippen molar-refractivity contribution >= 4 is 5.97 Å². The Hall–Kier alpha value is -0.970. The van der Waals surface area contributed by atoms with E-state index in [1.165, 1.54) is 7.11 Å². The van der Waals surface area contributed by atoms with Gasteiger partial charge in [-0.3, -0.25) is 4.79 Å². The maximum atomic E-state index is 13.0. The second kappa shape index (κ2) is 10.1. The van der Waals surface area contributed by atoms with Gasteiger partial charge < -0.3 is 60.2 Å². The molecule has 9 N–H and O–H groups in total. The Bertz CT molecular complexity index is 980. The molecule has 13 heteroatoms. The van der Waals surface area contributed by atoms with Crippen molar-refractivity contribution in [1.82, 2.24) is 0 Å². The maximum absolute atomic E-state index is 13.0. The van der Waals surface area contributed by atoms with Crippen molar-refractivity contribution in [3.63, 3.8) is 0 Å². The Morgan fingerprint density at radius 3 is 2.25 bits per heavy atom. The van der Waals surface area contributed by atoms with Crippen LogP contribution in [-0.4, -0.2) is 133 Å². The minimum atomic E-state index is -1.97. The number of carbonyl (C=O) groups is 1. The zero-order valence-corrected chi connectivity index (χ0v) is 23.0. The van der Waals surface area contributed by atoms with E-state index in [9.17, 15) is 50.8 Å². The van der Waals surface area contributed by atoms with E-state index in [4.69, 9.17) is 14.2 Å². The minimum absolute atomic E-state index is 0.107. The highest BCUT2D eigenvalue weighted by molar-refractivity contribution is 5.77. The standard InChI is InChI=1S/C27H44O13/c1-24(23(36)38-3)7-6-14(29)25(2)13-5-4-11-8-26(13,20(34)18(33)19(24)25)22(35)27(11,37)10-39-21-17(32)16(31)15(30)12(9-28)40-21/h11-22,28-35,37H,4-10H2,1-3H3/t11-,12-,13+,14+,15-,16+,17-,18+,19-,20+,21-,22-,24-,25-,26-,27+/m1/s1. The van der Waals surface area contributed by atoms with Crippen LogP contribution in [0.1, 0.15) is 46.0 Å². The summed E-state index contributed by atoms with van der Waals surface area (Å²) >= 11 is 0. The molecule has 1 aliphatic heterocycles. The lowest BCUT2D eigenvalue weighted by atomic mass is 9.38. The number of esters is 1. The molecule has 0 unspecified atom stereocenters. The Balaban J connectivity index is 1.47. The number of carbonyl (C=O) groups excluding carboxylic acids is 1. The molecule has 1 spiro atoms. The maximum Gasteiger partial charge on any atom is 0.311 e. The SMILES string of the molecule is COC(=O)[C@]1(C)CC[C@H](O)[C@@]2(C)[C@@H]3CC[C@@H]4C[C@@]3([C@@H](O)[C@@H](O)[C@@H]21)[C@@H](O)[C@]4(O)CO[C@@H]1O[C@H](CO)[C@@H](O)[C@H](O)[C@H]1O. The molecule has 0 amide bonds. The molecule has 230 valence electrons. The van der Waals surface area contributed by atoms with Gasteiger partial charge in [0.25, 0.3) is 0 Å². The van der Waals surface area contributed by atoms with Gasteiger partial charge in [0.2, 0.25) is 0 Å². The molecule has 5 fully saturated rings. The molecule has 4 aliphatic carbocycles. The largest absolute Gasteiger partial charge is 0.469 e. The number of hydrogen-bond acceptors (Lipinski definition) is 13. The van der Waals surface area contributed by atoms with Gasteiger partial charge in [-0.05, 0) is 50.9 Å². The second-order valence-corrected chi connectivity index (χ2v) is 13.3. The molecule has 5 aliphatic rings. The summed E-state index contributed by atoms with van der Waals surface area (Å²) in [5, 5.41) is 98.5. The number of methoxy groups -OCH3 is 1. The first kappa shape index (κ1) is 30.5. The van der Waals surface area contributed by atoms with Crippen LogP contribution < -0.4 is 0 Å². The van der Waals surface area contributed by atoms with Crippen LogP contribution >= 0.6 is 0 Å². The van der Waals surface area contributed by atoms with Crippen LogP contribution in [0.15, 0.2) is 0 Å². The fraction of sp³-hybridized carbons (Fsp3) is 0.963. The van der Waals surface area contributed by atoms with Gasteiger partial charge in [0.15, 0.2) is 6.29 Å². The number of aliphatic hydroxyl groups excluding tert-OH is 8. The fourth-order valence-corrected chi connectivity index (χ4v) is 9.67. The Labute approximate surface area is 232 Å². The molecule has 1 heterocycles. The van der Waals surface area contributed by atoms with Crippen LogP contribution in [0.5, 0.6) is 0 Å². The smallest absolute Gasteiger partial charge is 0.311 e. The summed E-state index contributed by atoms with van der Waals surface area (Å²) in [4.78, 5) is 13.0. The van der Waals surface area contributed by atoms with Crippen molar-refractivity contribution in [3.8, 4) is 0 Å². The third kappa shape index (κ3) is 3.76. The molecule has 0 radical (unpaired) electrons. The van der Waals surface area contributed by atoms with E-state index in [-0.39, 0.29) is 19.3 Å². The van der Waals surface area contributed by atoms with Gasteiger partial charge in [0.05, 0.1) is 50.2 Å². The minimum Gasteiger partial charge on any atom is -0.469 e. The van der Waals surface area contributed by atoms with E-state index in [0.29, 0.717) is 12.8 Å². The number of fused-ring (bicyclic) bond motifs is 3. The Morgan fingerprint density at radius 2 is 1.62 bits per heavy atom. The molecule has 0 aromatic heterocycles. The van der Waals surface area contributed by atoms with Gasteiger partial charge in [-0.1, -0.05) is 6.92 Å². The number of aliphatic hydroxyl groups is 9. The monoisotopic (exact) mass is 576 g/mol. The van der Waals surface area contributed by atoms with Crippen LogP contribution in [0, 0.1) is 34.0 Å². The van der Waals surface area contributed by atoms with Crippen LogP contribution in [-0.2, 0) is 19.0 Å². The van der Waals surface area contributed by atoms with E-state index in [1.807, 2.05) is 0 Å². The Morgan fingerprint density at radius 1 is 0.950 bits per heavy atom. The van der Waals surface area contributed by atoms with Gasteiger partial charge >= 0.3 is 5.97 Å². The highest BCUT2D eigenvalue weighted by atomic mass is 16.7. The summed E-state index contributed by atoms with van der Waals surface area (Å²) in [7, 11) is 1.25. The van der Waals surface area contributed by atoms with Gasteiger partial charge in [0.1, 0.15) is 30.0 Å². The summed E-state index contributed by atoms with van der Waals surface area (Å²) < 4.78 is 16.1. The van der Waals surface area contributed by atoms with Crippen LogP contribution in [0.4, 0.5) is 0 Å². The van der Waals surface area contributed by atoms with E-state index in [0.717, 1.165) is 0 Å². The number of rotatable bonds is 5. The van der Waals surface area contributed by atoms with Crippen molar-refractivity contribution in [1.29, 1.82) is 0 Å². The summed E-state index contributed by atoms with van der Waals surface area (Å²) in [5.74, 6) is -2.62. The first-order valence-corrected chi connectivity index (χ1v) is 14.1. The Kier molecular flexibility index (Phi) is 7.66. The van der Waals surface area contributed by atoms with E-state index < -0.39 is 114 Å². The van der Waals surface area contributed by atoms with Crippen LogP contribution in [0.3, 0.4) is 0 Å². The molecular weight excluding hydrogens is 532 g/mol. The van der Waals surface area contributed by atoms with E-state index >= 15 is 0 Å².